The molecular weight excluding hydrogens is 208 g/mol. The van der Waals surface area contributed by atoms with Crippen molar-refractivity contribution in [2.75, 3.05) is 13.2 Å². The van der Waals surface area contributed by atoms with Crippen molar-refractivity contribution in [1.82, 2.24) is 10.5 Å². The van der Waals surface area contributed by atoms with Crippen LogP contribution in [-0.4, -0.2) is 30.5 Å². The molecule has 1 fully saturated rings. The molecule has 0 radical (unpaired) electrons. The van der Waals surface area contributed by atoms with E-state index in [1.54, 1.807) is 0 Å². The van der Waals surface area contributed by atoms with Crippen LogP contribution in [0.5, 0.6) is 0 Å². The minimum atomic E-state index is 0.224. The van der Waals surface area contributed by atoms with E-state index in [-0.39, 0.29) is 6.10 Å². The van der Waals surface area contributed by atoms with Gasteiger partial charge in [0.05, 0.1) is 18.9 Å². The highest BCUT2D eigenvalue weighted by Crippen LogP contribution is 2.11. The third kappa shape index (κ3) is 3.30. The van der Waals surface area contributed by atoms with Gasteiger partial charge in [0.25, 0.3) is 0 Å². The van der Waals surface area contributed by atoms with Gasteiger partial charge in [-0.2, -0.15) is 0 Å². The standard InChI is InChI=1S/C11H18N2O3/c1-8(2)12-4-9-3-10(16-13-9)7-15-11-5-14-6-11/h3,8,11-12H,4-7H2,1-2H3. The second-order valence-electron chi connectivity index (χ2n) is 4.29. The lowest BCUT2D eigenvalue weighted by Crippen LogP contribution is -2.35. The molecule has 1 N–H and O–H groups in total. The number of hydrogen-bond acceptors (Lipinski definition) is 5. The third-order valence-electron chi connectivity index (χ3n) is 2.37. The van der Waals surface area contributed by atoms with Gasteiger partial charge in [0.2, 0.25) is 0 Å². The van der Waals surface area contributed by atoms with Gasteiger partial charge in [-0.25, -0.2) is 0 Å². The van der Waals surface area contributed by atoms with Gasteiger partial charge in [0.15, 0.2) is 5.76 Å². The highest BCUT2D eigenvalue weighted by Gasteiger charge is 2.19. The summed E-state index contributed by atoms with van der Waals surface area (Å²) >= 11 is 0. The van der Waals surface area contributed by atoms with Crippen LogP contribution in [0.4, 0.5) is 0 Å². The van der Waals surface area contributed by atoms with Gasteiger partial charge in [-0.15, -0.1) is 0 Å². The summed E-state index contributed by atoms with van der Waals surface area (Å²) < 4.78 is 15.7. The Hall–Kier alpha value is -0.910. The Bertz CT molecular complexity index is 321. The maximum absolute atomic E-state index is 5.52. The zero-order chi connectivity index (χ0) is 11.4. The van der Waals surface area contributed by atoms with E-state index in [2.05, 4.69) is 24.3 Å². The summed E-state index contributed by atoms with van der Waals surface area (Å²) in [4.78, 5) is 0. The van der Waals surface area contributed by atoms with Crippen LogP contribution in [0.2, 0.25) is 0 Å². The number of ether oxygens (including phenoxy) is 2. The molecule has 1 saturated heterocycles. The van der Waals surface area contributed by atoms with Crippen molar-refractivity contribution in [2.45, 2.75) is 39.1 Å². The first-order valence-corrected chi connectivity index (χ1v) is 5.61. The van der Waals surface area contributed by atoms with Crippen LogP contribution >= 0.6 is 0 Å². The molecule has 5 heteroatoms. The molecule has 5 nitrogen and oxygen atoms in total. The van der Waals surface area contributed by atoms with Crippen LogP contribution in [0.3, 0.4) is 0 Å². The zero-order valence-electron chi connectivity index (χ0n) is 9.73. The fraction of sp³-hybridized carbons (Fsp3) is 0.727. The number of nitrogens with zero attached hydrogens (tertiary/aromatic N) is 1. The highest BCUT2D eigenvalue weighted by atomic mass is 16.6. The molecule has 1 aromatic heterocycles. The molecule has 0 amide bonds. The average Bonchev–Trinajstić information content (AvgIpc) is 2.60. The first kappa shape index (κ1) is 11.6. The molecule has 0 aliphatic carbocycles. The van der Waals surface area contributed by atoms with Crippen LogP contribution < -0.4 is 5.32 Å². The van der Waals surface area contributed by atoms with E-state index >= 15 is 0 Å². The lowest BCUT2D eigenvalue weighted by molar-refractivity contribution is -0.138. The van der Waals surface area contributed by atoms with E-state index in [1.807, 2.05) is 6.07 Å². The van der Waals surface area contributed by atoms with E-state index in [9.17, 15) is 0 Å². The molecule has 1 aliphatic heterocycles. The van der Waals surface area contributed by atoms with Crippen molar-refractivity contribution in [2.24, 2.45) is 0 Å². The van der Waals surface area contributed by atoms with E-state index in [4.69, 9.17) is 14.0 Å². The average molecular weight is 226 g/mol. The van der Waals surface area contributed by atoms with E-state index in [0.717, 1.165) is 18.0 Å². The minimum Gasteiger partial charge on any atom is -0.376 e. The predicted octanol–water partition coefficient (Wildman–Crippen LogP) is 1.09. The lowest BCUT2D eigenvalue weighted by atomic mass is 10.3. The summed E-state index contributed by atoms with van der Waals surface area (Å²) in [5, 5.41) is 7.24. The zero-order valence-corrected chi connectivity index (χ0v) is 9.73. The second-order valence-corrected chi connectivity index (χ2v) is 4.29. The third-order valence-corrected chi connectivity index (χ3v) is 2.37. The van der Waals surface area contributed by atoms with Gasteiger partial charge in [0, 0.05) is 18.7 Å². The lowest BCUT2D eigenvalue weighted by Gasteiger charge is -2.25. The van der Waals surface area contributed by atoms with Gasteiger partial charge < -0.3 is 19.3 Å². The molecule has 90 valence electrons. The number of hydrogen-bond donors (Lipinski definition) is 1. The monoisotopic (exact) mass is 226 g/mol. The first-order valence-electron chi connectivity index (χ1n) is 5.61. The Balaban J connectivity index is 1.73. The Morgan fingerprint density at radius 3 is 3.00 bits per heavy atom. The molecule has 2 heterocycles. The van der Waals surface area contributed by atoms with Gasteiger partial charge in [0.1, 0.15) is 12.7 Å². The van der Waals surface area contributed by atoms with Crippen molar-refractivity contribution in [1.29, 1.82) is 0 Å². The Kier molecular flexibility index (Phi) is 3.93. The van der Waals surface area contributed by atoms with Gasteiger partial charge >= 0.3 is 0 Å². The maximum Gasteiger partial charge on any atom is 0.162 e. The fourth-order valence-corrected chi connectivity index (χ4v) is 1.33. The number of rotatable bonds is 6. The largest absolute Gasteiger partial charge is 0.376 e. The van der Waals surface area contributed by atoms with Crippen molar-refractivity contribution < 1.29 is 14.0 Å². The van der Waals surface area contributed by atoms with Crippen molar-refractivity contribution >= 4 is 0 Å². The molecular formula is C11H18N2O3. The number of aromatic nitrogens is 1. The highest BCUT2D eigenvalue weighted by molar-refractivity contribution is 5.04. The Morgan fingerprint density at radius 2 is 2.38 bits per heavy atom. The molecule has 2 rings (SSSR count). The Labute approximate surface area is 95.1 Å². The minimum absolute atomic E-state index is 0.224. The molecule has 0 bridgehead atoms. The molecule has 1 aromatic rings. The van der Waals surface area contributed by atoms with Crippen LogP contribution in [0, 0.1) is 0 Å². The van der Waals surface area contributed by atoms with E-state index < -0.39 is 0 Å². The van der Waals surface area contributed by atoms with Crippen molar-refractivity contribution in [3.05, 3.63) is 17.5 Å². The fourth-order valence-electron chi connectivity index (χ4n) is 1.33. The molecule has 0 saturated carbocycles. The quantitative estimate of drug-likeness (QED) is 0.786. The molecule has 16 heavy (non-hydrogen) atoms. The van der Waals surface area contributed by atoms with Gasteiger partial charge in [-0.1, -0.05) is 19.0 Å². The van der Waals surface area contributed by atoms with E-state index in [0.29, 0.717) is 25.9 Å². The van der Waals surface area contributed by atoms with Crippen LogP contribution in [0.1, 0.15) is 25.3 Å². The summed E-state index contributed by atoms with van der Waals surface area (Å²) in [6.45, 7) is 6.78. The van der Waals surface area contributed by atoms with E-state index in [1.165, 1.54) is 0 Å². The summed E-state index contributed by atoms with van der Waals surface area (Å²) in [6.07, 6.45) is 0.224. The van der Waals surface area contributed by atoms with Gasteiger partial charge in [-0.05, 0) is 0 Å². The normalized spacial score (nSPS) is 16.7. The molecule has 0 unspecified atom stereocenters. The van der Waals surface area contributed by atoms with Crippen molar-refractivity contribution in [3.63, 3.8) is 0 Å². The first-order chi connectivity index (χ1) is 7.74. The predicted molar refractivity (Wildman–Crippen MR) is 57.9 cm³/mol. The number of nitrogens with one attached hydrogen (secondary N) is 1. The second kappa shape index (κ2) is 5.43. The SMILES string of the molecule is CC(C)NCc1cc(COC2COC2)on1. The summed E-state index contributed by atoms with van der Waals surface area (Å²) in [6, 6.07) is 2.37. The molecule has 0 spiro atoms. The topological polar surface area (TPSA) is 56.5 Å². The maximum atomic E-state index is 5.52. The van der Waals surface area contributed by atoms with Crippen LogP contribution in [-0.2, 0) is 22.6 Å². The smallest absolute Gasteiger partial charge is 0.162 e. The summed E-state index contributed by atoms with van der Waals surface area (Å²) in [7, 11) is 0. The summed E-state index contributed by atoms with van der Waals surface area (Å²) in [5.74, 6) is 0.771. The van der Waals surface area contributed by atoms with Crippen LogP contribution in [0.15, 0.2) is 10.6 Å². The van der Waals surface area contributed by atoms with Crippen LogP contribution in [0.25, 0.3) is 0 Å². The summed E-state index contributed by atoms with van der Waals surface area (Å²) in [5.41, 5.74) is 0.914. The van der Waals surface area contributed by atoms with Crippen molar-refractivity contribution in [3.8, 4) is 0 Å². The van der Waals surface area contributed by atoms with Gasteiger partial charge in [-0.3, -0.25) is 0 Å². The Morgan fingerprint density at radius 1 is 1.56 bits per heavy atom. The molecule has 1 aliphatic rings. The molecule has 0 aromatic carbocycles. The molecule has 0 atom stereocenters.